The zero-order valence-corrected chi connectivity index (χ0v) is 12.8. The summed E-state index contributed by atoms with van der Waals surface area (Å²) in [5.74, 6) is 1.00. The number of ether oxygens (including phenoxy) is 1. The first-order valence-electron chi connectivity index (χ1n) is 7.65. The summed E-state index contributed by atoms with van der Waals surface area (Å²) >= 11 is 0. The zero-order valence-electron chi connectivity index (χ0n) is 12.8. The Hall–Kier alpha value is -1.58. The van der Waals surface area contributed by atoms with Crippen LogP contribution in [0.2, 0.25) is 0 Å². The van der Waals surface area contributed by atoms with Gasteiger partial charge in [-0.15, -0.1) is 0 Å². The lowest BCUT2D eigenvalue weighted by Crippen LogP contribution is -1.96. The van der Waals surface area contributed by atoms with Gasteiger partial charge < -0.3 is 14.9 Å². The molecule has 0 radical (unpaired) electrons. The molecule has 0 aromatic heterocycles. The largest absolute Gasteiger partial charge is 0.493 e. The van der Waals surface area contributed by atoms with Gasteiger partial charge in [0.05, 0.1) is 6.61 Å². The van der Waals surface area contributed by atoms with Gasteiger partial charge in [0.25, 0.3) is 0 Å². The number of hydrogen-bond acceptors (Lipinski definition) is 3. The predicted molar refractivity (Wildman–Crippen MR) is 87.8 cm³/mol. The van der Waals surface area contributed by atoms with Gasteiger partial charge in [-0.1, -0.05) is 49.7 Å². The Labute approximate surface area is 127 Å². The standard InChI is InChI=1S/C14H16O.C4H10O2/c1-2-3-11-15-14-10-6-8-12-7-4-5-9-13(12)14;5-3-1-2-4-6/h4-10H,2-3,11H2,1H3;5-6H,1-4H2. The molecular formula is C18H26O3. The van der Waals surface area contributed by atoms with Gasteiger partial charge in [0.2, 0.25) is 0 Å². The summed E-state index contributed by atoms with van der Waals surface area (Å²) in [6.07, 6.45) is 3.72. The lowest BCUT2D eigenvalue weighted by atomic mass is 10.1. The van der Waals surface area contributed by atoms with Gasteiger partial charge in [0.1, 0.15) is 5.75 Å². The third-order valence-corrected chi connectivity index (χ3v) is 3.07. The average Bonchev–Trinajstić information content (AvgIpc) is 2.54. The Morgan fingerprint density at radius 3 is 2.19 bits per heavy atom. The second-order valence-electron chi connectivity index (χ2n) is 4.83. The van der Waals surface area contributed by atoms with Crippen LogP contribution in [0.25, 0.3) is 10.8 Å². The van der Waals surface area contributed by atoms with Crippen LogP contribution >= 0.6 is 0 Å². The molecule has 21 heavy (non-hydrogen) atoms. The van der Waals surface area contributed by atoms with Crippen molar-refractivity contribution < 1.29 is 14.9 Å². The van der Waals surface area contributed by atoms with E-state index in [2.05, 4.69) is 37.3 Å². The van der Waals surface area contributed by atoms with Crippen LogP contribution in [0, 0.1) is 0 Å². The van der Waals surface area contributed by atoms with E-state index in [1.54, 1.807) is 0 Å². The summed E-state index contributed by atoms with van der Waals surface area (Å²) in [7, 11) is 0. The Kier molecular flexibility index (Phi) is 9.25. The maximum absolute atomic E-state index is 8.09. The van der Waals surface area contributed by atoms with Crippen molar-refractivity contribution in [2.24, 2.45) is 0 Å². The van der Waals surface area contributed by atoms with E-state index in [9.17, 15) is 0 Å². The zero-order chi connectivity index (χ0) is 15.3. The minimum atomic E-state index is 0.195. The Morgan fingerprint density at radius 1 is 0.857 bits per heavy atom. The first-order chi connectivity index (χ1) is 10.3. The highest BCUT2D eigenvalue weighted by Crippen LogP contribution is 2.25. The summed E-state index contributed by atoms with van der Waals surface area (Å²) in [6.45, 7) is 3.37. The quantitative estimate of drug-likeness (QED) is 0.763. The minimum Gasteiger partial charge on any atom is -0.493 e. The fourth-order valence-electron chi connectivity index (χ4n) is 1.87. The number of unbranched alkanes of at least 4 members (excludes halogenated alkanes) is 2. The second kappa shape index (κ2) is 11.1. The van der Waals surface area contributed by atoms with E-state index in [1.807, 2.05) is 12.1 Å². The molecule has 0 unspecified atom stereocenters. The van der Waals surface area contributed by atoms with Crippen LogP contribution in [-0.4, -0.2) is 30.0 Å². The van der Waals surface area contributed by atoms with Crippen LogP contribution in [-0.2, 0) is 0 Å². The molecule has 2 N–H and O–H groups in total. The number of rotatable bonds is 7. The van der Waals surface area contributed by atoms with Crippen molar-refractivity contribution in [1.29, 1.82) is 0 Å². The summed E-state index contributed by atoms with van der Waals surface area (Å²) in [5, 5.41) is 18.6. The SMILES string of the molecule is CCCCOc1cccc2ccccc12.OCCCCO. The Morgan fingerprint density at radius 2 is 1.52 bits per heavy atom. The average molecular weight is 290 g/mol. The van der Waals surface area contributed by atoms with Crippen LogP contribution in [0.5, 0.6) is 5.75 Å². The summed E-state index contributed by atoms with van der Waals surface area (Å²) in [6, 6.07) is 14.5. The summed E-state index contributed by atoms with van der Waals surface area (Å²) in [5.41, 5.74) is 0. The van der Waals surface area contributed by atoms with E-state index in [0.29, 0.717) is 0 Å². The molecule has 0 saturated carbocycles. The van der Waals surface area contributed by atoms with Crippen LogP contribution < -0.4 is 4.74 Å². The van der Waals surface area contributed by atoms with Crippen LogP contribution in [0.3, 0.4) is 0 Å². The molecule has 2 aromatic carbocycles. The first kappa shape index (κ1) is 17.5. The van der Waals surface area contributed by atoms with E-state index >= 15 is 0 Å². The molecule has 3 heteroatoms. The number of aliphatic hydroxyl groups is 2. The molecule has 0 bridgehead atoms. The maximum Gasteiger partial charge on any atom is 0.127 e. The Balaban J connectivity index is 0.000000315. The maximum atomic E-state index is 8.09. The number of benzene rings is 2. The molecule has 2 aromatic rings. The van der Waals surface area contributed by atoms with Crippen molar-refractivity contribution in [2.75, 3.05) is 19.8 Å². The minimum absolute atomic E-state index is 0.195. The molecule has 0 saturated heterocycles. The molecule has 0 atom stereocenters. The predicted octanol–water partition coefficient (Wildman–Crippen LogP) is 3.77. The fourth-order valence-corrected chi connectivity index (χ4v) is 1.87. The lowest BCUT2D eigenvalue weighted by molar-refractivity contribution is 0.242. The van der Waals surface area contributed by atoms with Crippen molar-refractivity contribution in [1.82, 2.24) is 0 Å². The van der Waals surface area contributed by atoms with Crippen LogP contribution in [0.1, 0.15) is 32.6 Å². The highest BCUT2D eigenvalue weighted by molar-refractivity contribution is 5.88. The van der Waals surface area contributed by atoms with Crippen LogP contribution in [0.15, 0.2) is 42.5 Å². The van der Waals surface area contributed by atoms with Crippen molar-refractivity contribution in [3.8, 4) is 5.75 Å². The molecule has 2 rings (SSSR count). The molecule has 0 amide bonds. The topological polar surface area (TPSA) is 49.7 Å². The van der Waals surface area contributed by atoms with Gasteiger partial charge in [0, 0.05) is 18.6 Å². The normalized spacial score (nSPS) is 10.0. The Bertz CT molecular complexity index is 487. The van der Waals surface area contributed by atoms with E-state index in [-0.39, 0.29) is 13.2 Å². The van der Waals surface area contributed by atoms with Crippen molar-refractivity contribution in [2.45, 2.75) is 32.6 Å². The molecular weight excluding hydrogens is 264 g/mol. The monoisotopic (exact) mass is 290 g/mol. The molecule has 0 fully saturated rings. The van der Waals surface area contributed by atoms with Crippen molar-refractivity contribution >= 4 is 10.8 Å². The molecule has 0 aliphatic carbocycles. The molecule has 0 heterocycles. The van der Waals surface area contributed by atoms with Gasteiger partial charge in [0.15, 0.2) is 0 Å². The molecule has 0 aliphatic rings. The second-order valence-corrected chi connectivity index (χ2v) is 4.83. The first-order valence-corrected chi connectivity index (χ1v) is 7.65. The highest BCUT2D eigenvalue weighted by atomic mass is 16.5. The smallest absolute Gasteiger partial charge is 0.127 e. The number of hydrogen-bond donors (Lipinski definition) is 2. The van der Waals surface area contributed by atoms with Crippen molar-refractivity contribution in [3.63, 3.8) is 0 Å². The van der Waals surface area contributed by atoms with Gasteiger partial charge in [-0.05, 0) is 30.7 Å². The summed E-state index contributed by atoms with van der Waals surface area (Å²) in [4.78, 5) is 0. The lowest BCUT2D eigenvalue weighted by Gasteiger charge is -2.08. The van der Waals surface area contributed by atoms with Gasteiger partial charge in [-0.3, -0.25) is 0 Å². The molecule has 3 nitrogen and oxygen atoms in total. The van der Waals surface area contributed by atoms with E-state index in [0.717, 1.165) is 31.6 Å². The van der Waals surface area contributed by atoms with Gasteiger partial charge >= 0.3 is 0 Å². The van der Waals surface area contributed by atoms with Gasteiger partial charge in [-0.25, -0.2) is 0 Å². The molecule has 116 valence electrons. The van der Waals surface area contributed by atoms with E-state index < -0.39 is 0 Å². The summed E-state index contributed by atoms with van der Waals surface area (Å²) < 4.78 is 5.76. The van der Waals surface area contributed by atoms with E-state index in [4.69, 9.17) is 14.9 Å². The number of aliphatic hydroxyl groups excluding tert-OH is 2. The third-order valence-electron chi connectivity index (χ3n) is 3.07. The van der Waals surface area contributed by atoms with E-state index in [1.165, 1.54) is 17.2 Å². The fraction of sp³-hybridized carbons (Fsp3) is 0.444. The third kappa shape index (κ3) is 6.61. The number of fused-ring (bicyclic) bond motifs is 1. The highest BCUT2D eigenvalue weighted by Gasteiger charge is 1.99. The van der Waals surface area contributed by atoms with Gasteiger partial charge in [-0.2, -0.15) is 0 Å². The van der Waals surface area contributed by atoms with Crippen molar-refractivity contribution in [3.05, 3.63) is 42.5 Å². The molecule has 0 aliphatic heterocycles. The molecule has 0 spiro atoms. The van der Waals surface area contributed by atoms with Crippen LogP contribution in [0.4, 0.5) is 0 Å².